The van der Waals surface area contributed by atoms with Gasteiger partial charge in [0, 0.05) is 50.5 Å². The van der Waals surface area contributed by atoms with Crippen molar-refractivity contribution in [2.75, 3.05) is 13.1 Å². The van der Waals surface area contributed by atoms with Crippen LogP contribution < -0.4 is 0 Å². The van der Waals surface area contributed by atoms with Crippen LogP contribution >= 0.6 is 0 Å². The summed E-state index contributed by atoms with van der Waals surface area (Å²) in [4.78, 5) is 6.64. The summed E-state index contributed by atoms with van der Waals surface area (Å²) in [6, 6.07) is 8.44. The molecular weight excluding hydrogens is 274 g/mol. The van der Waals surface area contributed by atoms with Crippen LogP contribution in [-0.4, -0.2) is 33.6 Å². The van der Waals surface area contributed by atoms with Gasteiger partial charge in [-0.1, -0.05) is 0 Å². The van der Waals surface area contributed by atoms with Crippen molar-refractivity contribution in [1.82, 2.24) is 14.5 Å². The number of fused-ring (bicyclic) bond motifs is 1. The highest BCUT2D eigenvalue weighted by Crippen LogP contribution is 2.31. The Hall–Kier alpha value is -1.65. The monoisotopic (exact) mass is 297 g/mol. The van der Waals surface area contributed by atoms with Gasteiger partial charge in [0.1, 0.15) is 0 Å². The minimum atomic E-state index is 0.251. The summed E-state index contributed by atoms with van der Waals surface area (Å²) in [6.07, 6.45) is 8.89. The topological polar surface area (TPSA) is 30.3 Å². The van der Waals surface area contributed by atoms with Crippen LogP contribution in [0.25, 0.3) is 0 Å². The quantitative estimate of drug-likeness (QED) is 0.850. The maximum atomic E-state index is 6.22. The third-order valence-corrected chi connectivity index (χ3v) is 4.62. The second-order valence-corrected chi connectivity index (χ2v) is 6.58. The van der Waals surface area contributed by atoms with Crippen molar-refractivity contribution < 1.29 is 4.74 Å². The highest BCUT2D eigenvalue weighted by Gasteiger charge is 2.28. The van der Waals surface area contributed by atoms with E-state index in [0.29, 0.717) is 6.61 Å². The molecule has 0 radical (unpaired) electrons. The minimum Gasteiger partial charge on any atom is -0.370 e. The molecule has 3 heterocycles. The average Bonchev–Trinajstić information content (AvgIpc) is 3.28. The number of aromatic nitrogens is 2. The molecule has 0 N–H and O–H groups in total. The SMILES string of the molecule is c1cc2n(c1)C[C@@H](OCc1ccncc1)CN(CC1CC1)C2. The standard InChI is InChI=1S/C18H23N3O/c1-2-17-11-20(10-15-3-4-15)12-18(13-21(17)9-1)22-14-16-5-7-19-8-6-16/h1-2,5-9,15,18H,3-4,10-14H2/t18-/m0/s1. The third-order valence-electron chi connectivity index (χ3n) is 4.62. The molecule has 1 fully saturated rings. The van der Waals surface area contributed by atoms with Crippen molar-refractivity contribution in [3.05, 3.63) is 54.1 Å². The number of ether oxygens (including phenoxy) is 1. The highest BCUT2D eigenvalue weighted by molar-refractivity contribution is 5.10. The van der Waals surface area contributed by atoms with Gasteiger partial charge in [0.15, 0.2) is 0 Å². The lowest BCUT2D eigenvalue weighted by Gasteiger charge is -2.24. The molecule has 2 aliphatic rings. The molecule has 4 rings (SSSR count). The molecule has 4 nitrogen and oxygen atoms in total. The molecule has 2 aromatic heterocycles. The van der Waals surface area contributed by atoms with Crippen molar-refractivity contribution in [1.29, 1.82) is 0 Å². The highest BCUT2D eigenvalue weighted by atomic mass is 16.5. The second kappa shape index (κ2) is 6.23. The predicted octanol–water partition coefficient (Wildman–Crippen LogP) is 2.69. The second-order valence-electron chi connectivity index (χ2n) is 6.58. The molecule has 1 aliphatic heterocycles. The van der Waals surface area contributed by atoms with Gasteiger partial charge in [0.2, 0.25) is 0 Å². The summed E-state index contributed by atoms with van der Waals surface area (Å²) in [7, 11) is 0. The van der Waals surface area contributed by atoms with Gasteiger partial charge in [0.05, 0.1) is 12.7 Å². The lowest BCUT2D eigenvalue weighted by molar-refractivity contribution is 0.00939. The fourth-order valence-electron chi connectivity index (χ4n) is 3.23. The molecule has 0 bridgehead atoms. The summed E-state index contributed by atoms with van der Waals surface area (Å²) >= 11 is 0. The predicted molar refractivity (Wildman–Crippen MR) is 85.2 cm³/mol. The van der Waals surface area contributed by atoms with Crippen LogP contribution in [0.4, 0.5) is 0 Å². The van der Waals surface area contributed by atoms with Gasteiger partial charge < -0.3 is 9.30 Å². The molecule has 2 aromatic rings. The molecule has 0 amide bonds. The first-order valence-electron chi connectivity index (χ1n) is 8.24. The van der Waals surface area contributed by atoms with Crippen LogP contribution in [-0.2, 0) is 24.4 Å². The van der Waals surface area contributed by atoms with E-state index in [1.54, 1.807) is 0 Å². The molecule has 0 aromatic carbocycles. The van der Waals surface area contributed by atoms with Crippen molar-refractivity contribution in [3.8, 4) is 0 Å². The molecule has 22 heavy (non-hydrogen) atoms. The van der Waals surface area contributed by atoms with Gasteiger partial charge >= 0.3 is 0 Å². The fourth-order valence-corrected chi connectivity index (χ4v) is 3.23. The van der Waals surface area contributed by atoms with Crippen LogP contribution in [0.2, 0.25) is 0 Å². The number of rotatable bonds is 5. The van der Waals surface area contributed by atoms with E-state index in [0.717, 1.165) is 25.6 Å². The first-order chi connectivity index (χ1) is 10.9. The number of nitrogens with zero attached hydrogens (tertiary/aromatic N) is 3. The Kier molecular flexibility index (Phi) is 3.95. The van der Waals surface area contributed by atoms with E-state index >= 15 is 0 Å². The molecule has 0 spiro atoms. The van der Waals surface area contributed by atoms with Crippen LogP contribution in [0, 0.1) is 5.92 Å². The van der Waals surface area contributed by atoms with E-state index in [1.165, 1.54) is 30.6 Å². The molecule has 1 saturated carbocycles. The summed E-state index contributed by atoms with van der Waals surface area (Å²) in [5, 5.41) is 0. The van der Waals surface area contributed by atoms with Crippen LogP contribution in [0.15, 0.2) is 42.9 Å². The first kappa shape index (κ1) is 14.0. The molecule has 4 heteroatoms. The van der Waals surface area contributed by atoms with Crippen molar-refractivity contribution in [2.24, 2.45) is 5.92 Å². The molecule has 0 unspecified atom stereocenters. The maximum absolute atomic E-state index is 6.22. The summed E-state index contributed by atoms with van der Waals surface area (Å²) in [5.74, 6) is 0.919. The molecule has 1 aliphatic carbocycles. The van der Waals surface area contributed by atoms with Crippen LogP contribution in [0.3, 0.4) is 0 Å². The molecule has 116 valence electrons. The zero-order chi connectivity index (χ0) is 14.8. The number of hydrogen-bond donors (Lipinski definition) is 0. The van der Waals surface area contributed by atoms with Crippen molar-refractivity contribution >= 4 is 0 Å². The van der Waals surface area contributed by atoms with Gasteiger partial charge in [-0.25, -0.2) is 0 Å². The van der Waals surface area contributed by atoms with Crippen molar-refractivity contribution in [3.63, 3.8) is 0 Å². The molecular formula is C18H23N3O. The number of hydrogen-bond acceptors (Lipinski definition) is 3. The maximum Gasteiger partial charge on any atom is 0.0885 e. The Bertz CT molecular complexity index is 606. The Morgan fingerprint density at radius 1 is 1.14 bits per heavy atom. The summed E-state index contributed by atoms with van der Waals surface area (Å²) < 4.78 is 8.57. The Labute approximate surface area is 131 Å². The minimum absolute atomic E-state index is 0.251. The van der Waals surface area contributed by atoms with E-state index in [1.807, 2.05) is 24.5 Å². The Balaban J connectivity index is 1.43. The average molecular weight is 297 g/mol. The zero-order valence-corrected chi connectivity index (χ0v) is 12.9. The third kappa shape index (κ3) is 3.39. The van der Waals surface area contributed by atoms with E-state index < -0.39 is 0 Å². The molecule has 0 saturated heterocycles. The van der Waals surface area contributed by atoms with Gasteiger partial charge in [-0.15, -0.1) is 0 Å². The van der Waals surface area contributed by atoms with E-state index in [-0.39, 0.29) is 6.10 Å². The van der Waals surface area contributed by atoms with E-state index in [4.69, 9.17) is 4.74 Å². The van der Waals surface area contributed by atoms with Gasteiger partial charge in [-0.2, -0.15) is 0 Å². The van der Waals surface area contributed by atoms with Crippen LogP contribution in [0.5, 0.6) is 0 Å². The van der Waals surface area contributed by atoms with E-state index in [9.17, 15) is 0 Å². The van der Waals surface area contributed by atoms with Gasteiger partial charge in [0.25, 0.3) is 0 Å². The Morgan fingerprint density at radius 2 is 2.00 bits per heavy atom. The normalized spacial score (nSPS) is 22.3. The van der Waals surface area contributed by atoms with Crippen molar-refractivity contribution in [2.45, 2.75) is 38.6 Å². The summed E-state index contributed by atoms with van der Waals surface area (Å²) in [6.45, 7) is 4.93. The number of pyridine rings is 1. The van der Waals surface area contributed by atoms with Gasteiger partial charge in [-0.3, -0.25) is 9.88 Å². The zero-order valence-electron chi connectivity index (χ0n) is 12.9. The lowest BCUT2D eigenvalue weighted by Crippen LogP contribution is -2.34. The fraction of sp³-hybridized carbons (Fsp3) is 0.500. The lowest BCUT2D eigenvalue weighted by atomic mass is 10.2. The molecule has 1 atom stereocenters. The van der Waals surface area contributed by atoms with Gasteiger partial charge in [-0.05, 0) is 48.6 Å². The smallest absolute Gasteiger partial charge is 0.0885 e. The van der Waals surface area contributed by atoms with Crippen LogP contribution in [0.1, 0.15) is 24.1 Å². The largest absolute Gasteiger partial charge is 0.370 e. The summed E-state index contributed by atoms with van der Waals surface area (Å²) in [5.41, 5.74) is 2.61. The van der Waals surface area contributed by atoms with E-state index in [2.05, 4.69) is 32.8 Å². The first-order valence-corrected chi connectivity index (χ1v) is 8.24. The Morgan fingerprint density at radius 3 is 2.82 bits per heavy atom.